The Hall–Kier alpha value is -4.44. The minimum atomic E-state index is -0.293. The Bertz CT molecular complexity index is 1380. The lowest BCUT2D eigenvalue weighted by molar-refractivity contribution is -0.125. The number of carbonyl (C=O) groups excluding carboxylic acids is 2. The number of fused-ring (bicyclic) bond motifs is 1. The number of hydrogen-bond donors (Lipinski definition) is 0. The molecule has 7 nitrogen and oxygen atoms in total. The monoisotopic (exact) mass is 435 g/mol. The van der Waals surface area contributed by atoms with Crippen molar-refractivity contribution in [1.82, 2.24) is 19.4 Å². The zero-order valence-corrected chi connectivity index (χ0v) is 17.9. The molecule has 5 rings (SSSR count). The van der Waals surface area contributed by atoms with Gasteiger partial charge in [-0.1, -0.05) is 54.6 Å². The van der Waals surface area contributed by atoms with E-state index in [1.54, 1.807) is 29.6 Å². The molecule has 0 saturated carbocycles. The summed E-state index contributed by atoms with van der Waals surface area (Å²) >= 11 is 0. The summed E-state index contributed by atoms with van der Waals surface area (Å²) in [6, 6.07) is 23.2. The number of imidazole rings is 1. The zero-order chi connectivity index (χ0) is 22.8. The average molecular weight is 435 g/mol. The summed E-state index contributed by atoms with van der Waals surface area (Å²) in [5, 5.41) is 11.2. The molecule has 0 spiro atoms. The molecular weight excluding hydrogens is 414 g/mol. The summed E-state index contributed by atoms with van der Waals surface area (Å²) < 4.78 is 1.91. The first-order chi connectivity index (χ1) is 16.1. The van der Waals surface area contributed by atoms with E-state index in [-0.39, 0.29) is 25.0 Å². The number of hydrogen-bond acceptors (Lipinski definition) is 4. The van der Waals surface area contributed by atoms with Crippen molar-refractivity contribution in [2.24, 2.45) is 0 Å². The molecule has 0 aliphatic carbocycles. The van der Waals surface area contributed by atoms with Crippen LogP contribution in [-0.2, 0) is 24.4 Å². The van der Waals surface area contributed by atoms with Gasteiger partial charge in [0.05, 0.1) is 30.2 Å². The Labute approximate surface area is 191 Å². The molecule has 0 unspecified atom stereocenters. The van der Waals surface area contributed by atoms with Crippen LogP contribution in [-0.4, -0.2) is 37.8 Å². The van der Waals surface area contributed by atoms with Gasteiger partial charge in [-0.05, 0) is 34.0 Å². The fourth-order valence-electron chi connectivity index (χ4n) is 4.17. The first kappa shape index (κ1) is 20.5. The second-order valence-corrected chi connectivity index (χ2v) is 8.08. The van der Waals surface area contributed by atoms with Gasteiger partial charge in [-0.3, -0.25) is 9.69 Å². The third-order valence-electron chi connectivity index (χ3n) is 5.92. The number of benzene rings is 3. The van der Waals surface area contributed by atoms with E-state index < -0.39 is 0 Å². The molecular formula is C26H21N5O2. The Morgan fingerprint density at radius 1 is 0.909 bits per heavy atom. The molecule has 1 fully saturated rings. The van der Waals surface area contributed by atoms with Crippen molar-refractivity contribution >= 4 is 22.7 Å². The van der Waals surface area contributed by atoms with Gasteiger partial charge < -0.3 is 9.47 Å². The molecule has 0 radical (unpaired) electrons. The number of nitrogens with zero attached hydrogens (tertiary/aromatic N) is 5. The highest BCUT2D eigenvalue weighted by Crippen LogP contribution is 2.23. The minimum Gasteiger partial charge on any atom is -0.328 e. The summed E-state index contributed by atoms with van der Waals surface area (Å²) in [7, 11) is 0. The number of imide groups is 1. The van der Waals surface area contributed by atoms with Crippen LogP contribution >= 0.6 is 0 Å². The maximum absolute atomic E-state index is 13.1. The predicted molar refractivity (Wildman–Crippen MR) is 123 cm³/mol. The van der Waals surface area contributed by atoms with E-state index in [1.165, 1.54) is 4.90 Å². The lowest BCUT2D eigenvalue weighted by atomic mass is 10.0. The van der Waals surface area contributed by atoms with Crippen LogP contribution in [0.15, 0.2) is 79.3 Å². The van der Waals surface area contributed by atoms with E-state index in [0.717, 1.165) is 27.6 Å². The van der Waals surface area contributed by atoms with Crippen LogP contribution in [0.2, 0.25) is 0 Å². The Kier molecular flexibility index (Phi) is 5.33. The van der Waals surface area contributed by atoms with Crippen LogP contribution in [0.3, 0.4) is 0 Å². The second-order valence-electron chi connectivity index (χ2n) is 8.08. The highest BCUT2D eigenvalue weighted by molar-refractivity contribution is 6.02. The Balaban J connectivity index is 1.31. The Morgan fingerprint density at radius 3 is 2.52 bits per heavy atom. The van der Waals surface area contributed by atoms with Crippen molar-refractivity contribution in [3.63, 3.8) is 0 Å². The van der Waals surface area contributed by atoms with Crippen LogP contribution in [0.4, 0.5) is 4.79 Å². The lowest BCUT2D eigenvalue weighted by Gasteiger charge is -2.18. The number of aromatic nitrogens is 2. The van der Waals surface area contributed by atoms with Gasteiger partial charge in [0.1, 0.15) is 6.54 Å². The van der Waals surface area contributed by atoms with Gasteiger partial charge in [0.25, 0.3) is 5.91 Å². The van der Waals surface area contributed by atoms with Gasteiger partial charge in [-0.15, -0.1) is 0 Å². The number of amides is 3. The number of rotatable bonds is 6. The van der Waals surface area contributed by atoms with Crippen LogP contribution in [0.5, 0.6) is 0 Å². The van der Waals surface area contributed by atoms with Crippen molar-refractivity contribution in [3.05, 3.63) is 102 Å². The molecule has 0 N–H and O–H groups in total. The standard InChI is InChI=1S/C26H21N5O2/c27-12-19-8-10-20(11-9-19)14-30-18-28-13-23(30)16-31-25(32)17-29(26(31)33)15-22-6-3-5-21-4-1-2-7-24(21)22/h1-11,13,18H,14-17H2. The van der Waals surface area contributed by atoms with Gasteiger partial charge in [-0.25, -0.2) is 9.78 Å². The smallest absolute Gasteiger partial charge is 0.327 e. The topological polar surface area (TPSA) is 82.2 Å². The summed E-state index contributed by atoms with van der Waals surface area (Å²) in [4.78, 5) is 32.9. The van der Waals surface area contributed by atoms with Gasteiger partial charge in [0.2, 0.25) is 0 Å². The van der Waals surface area contributed by atoms with Gasteiger partial charge in [-0.2, -0.15) is 5.26 Å². The molecule has 2 heterocycles. The Morgan fingerprint density at radius 2 is 1.70 bits per heavy atom. The summed E-state index contributed by atoms with van der Waals surface area (Å²) in [5.41, 5.74) is 3.39. The number of carbonyl (C=O) groups is 2. The van der Waals surface area contributed by atoms with E-state index in [1.807, 2.05) is 59.2 Å². The van der Waals surface area contributed by atoms with Crippen LogP contribution < -0.4 is 0 Å². The third-order valence-corrected chi connectivity index (χ3v) is 5.92. The SMILES string of the molecule is N#Cc1ccc(Cn2cncc2CN2C(=O)CN(Cc3cccc4ccccc34)C2=O)cc1. The molecule has 162 valence electrons. The van der Waals surface area contributed by atoms with E-state index >= 15 is 0 Å². The van der Waals surface area contributed by atoms with Crippen molar-refractivity contribution in [1.29, 1.82) is 5.26 Å². The van der Waals surface area contributed by atoms with Crippen LogP contribution in [0, 0.1) is 11.3 Å². The number of nitriles is 1. The molecule has 1 aliphatic rings. The summed E-state index contributed by atoms with van der Waals surface area (Å²) in [5.74, 6) is -0.216. The molecule has 0 bridgehead atoms. The second kappa shape index (κ2) is 8.60. The fraction of sp³-hybridized carbons (Fsp3) is 0.154. The highest BCUT2D eigenvalue weighted by Gasteiger charge is 2.36. The summed E-state index contributed by atoms with van der Waals surface area (Å²) in [6.45, 7) is 1.15. The van der Waals surface area contributed by atoms with Crippen molar-refractivity contribution in [3.8, 4) is 6.07 Å². The molecule has 1 aliphatic heterocycles. The maximum Gasteiger partial charge on any atom is 0.327 e. The molecule has 4 aromatic rings. The fourth-order valence-corrected chi connectivity index (χ4v) is 4.17. The third kappa shape index (κ3) is 4.06. The van der Waals surface area contributed by atoms with Crippen LogP contribution in [0.1, 0.15) is 22.4 Å². The molecule has 7 heteroatoms. The predicted octanol–water partition coefficient (Wildman–Crippen LogP) is 3.92. The first-order valence-corrected chi connectivity index (χ1v) is 10.7. The van der Waals surface area contributed by atoms with Gasteiger partial charge >= 0.3 is 6.03 Å². The largest absolute Gasteiger partial charge is 0.328 e. The molecule has 1 aromatic heterocycles. The quantitative estimate of drug-likeness (QED) is 0.430. The van der Waals surface area contributed by atoms with Gasteiger partial charge in [0, 0.05) is 19.3 Å². The first-order valence-electron chi connectivity index (χ1n) is 10.7. The summed E-state index contributed by atoms with van der Waals surface area (Å²) in [6.07, 6.45) is 3.37. The molecule has 1 saturated heterocycles. The maximum atomic E-state index is 13.1. The van der Waals surface area contributed by atoms with E-state index in [2.05, 4.69) is 11.1 Å². The highest BCUT2D eigenvalue weighted by atomic mass is 16.2. The molecule has 33 heavy (non-hydrogen) atoms. The van der Waals surface area contributed by atoms with E-state index in [0.29, 0.717) is 18.7 Å². The van der Waals surface area contributed by atoms with Crippen molar-refractivity contribution in [2.45, 2.75) is 19.6 Å². The van der Waals surface area contributed by atoms with Gasteiger partial charge in [0.15, 0.2) is 0 Å². The van der Waals surface area contributed by atoms with E-state index in [9.17, 15) is 9.59 Å². The van der Waals surface area contributed by atoms with Crippen molar-refractivity contribution in [2.75, 3.05) is 6.54 Å². The zero-order valence-electron chi connectivity index (χ0n) is 17.9. The van der Waals surface area contributed by atoms with E-state index in [4.69, 9.17) is 5.26 Å². The molecule has 0 atom stereocenters. The number of urea groups is 1. The van der Waals surface area contributed by atoms with Crippen molar-refractivity contribution < 1.29 is 9.59 Å². The van der Waals surface area contributed by atoms with Crippen LogP contribution in [0.25, 0.3) is 10.8 Å². The lowest BCUT2D eigenvalue weighted by Crippen LogP contribution is -2.33. The average Bonchev–Trinajstić information content (AvgIpc) is 3.39. The molecule has 3 amide bonds. The molecule has 3 aromatic carbocycles. The minimum absolute atomic E-state index is 0.0613. The normalized spacial score (nSPS) is 13.7.